The summed E-state index contributed by atoms with van der Waals surface area (Å²) >= 11 is 0. The predicted molar refractivity (Wildman–Crippen MR) is 84.8 cm³/mol. The Bertz CT molecular complexity index is 657. The van der Waals surface area contributed by atoms with Crippen LogP contribution < -0.4 is 11.1 Å². The highest BCUT2D eigenvalue weighted by atomic mass is 18.2. The van der Waals surface area contributed by atoms with Crippen molar-refractivity contribution in [3.05, 3.63) is 59.9 Å². The van der Waals surface area contributed by atoms with Gasteiger partial charge in [0.05, 0.1) is 5.69 Å². The molecule has 116 valence electrons. The zero-order valence-corrected chi connectivity index (χ0v) is 12.3. The van der Waals surface area contributed by atoms with Crippen LogP contribution in [0.15, 0.2) is 48.5 Å². The molecule has 5 heteroatoms. The highest BCUT2D eigenvalue weighted by Gasteiger charge is 2.29. The molecular formula is C17H19FN2O2. The molecule has 0 radical (unpaired) electrons. The van der Waals surface area contributed by atoms with Crippen LogP contribution in [0.3, 0.4) is 0 Å². The van der Waals surface area contributed by atoms with Crippen LogP contribution in [-0.4, -0.2) is 16.6 Å². The molecule has 0 aromatic heterocycles. The van der Waals surface area contributed by atoms with Crippen LogP contribution >= 0.6 is 0 Å². The Morgan fingerprint density at radius 3 is 2.59 bits per heavy atom. The second-order valence-electron chi connectivity index (χ2n) is 5.45. The number of amides is 1. The number of hydrogen-bond donors (Lipinski definition) is 3. The normalized spacial score (nSPS) is 13.4. The van der Waals surface area contributed by atoms with Crippen LogP contribution in [0, 0.1) is 5.82 Å². The molecule has 0 bridgehead atoms. The first-order chi connectivity index (χ1) is 10.4. The Labute approximate surface area is 128 Å². The molecule has 0 heterocycles. The topological polar surface area (TPSA) is 75.3 Å². The van der Waals surface area contributed by atoms with Gasteiger partial charge in [-0.15, -0.1) is 0 Å². The van der Waals surface area contributed by atoms with Crippen molar-refractivity contribution in [1.29, 1.82) is 0 Å². The Morgan fingerprint density at radius 1 is 1.27 bits per heavy atom. The smallest absolute Gasteiger partial charge is 0.256 e. The molecule has 2 rings (SSSR count). The SMILES string of the molecule is C[C@](O)(CCc1ccc(N)c([18F])c1)C(=O)Nc1ccccc1. The highest BCUT2D eigenvalue weighted by Crippen LogP contribution is 2.19. The van der Waals surface area contributed by atoms with E-state index < -0.39 is 17.3 Å². The number of rotatable bonds is 5. The molecule has 0 saturated carbocycles. The van der Waals surface area contributed by atoms with E-state index in [2.05, 4.69) is 5.32 Å². The average Bonchev–Trinajstić information content (AvgIpc) is 2.49. The second-order valence-corrected chi connectivity index (χ2v) is 5.45. The number of nitrogens with two attached hydrogens (primary N) is 1. The second kappa shape index (κ2) is 6.58. The van der Waals surface area contributed by atoms with Gasteiger partial charge in [0.2, 0.25) is 0 Å². The summed E-state index contributed by atoms with van der Waals surface area (Å²) in [5.41, 5.74) is 5.25. The van der Waals surface area contributed by atoms with Crippen LogP contribution in [0.4, 0.5) is 15.8 Å². The number of aryl methyl sites for hydroxylation is 1. The Hall–Kier alpha value is -2.40. The Morgan fingerprint density at radius 2 is 1.95 bits per heavy atom. The molecule has 0 aliphatic rings. The molecule has 0 unspecified atom stereocenters. The number of carbonyl (C=O) groups excluding carboxylic acids is 1. The van der Waals surface area contributed by atoms with Gasteiger partial charge in [-0.25, -0.2) is 4.39 Å². The minimum Gasteiger partial charge on any atom is -0.396 e. The molecule has 2 aromatic carbocycles. The van der Waals surface area contributed by atoms with E-state index in [1.54, 1.807) is 30.3 Å². The number of nitrogens with one attached hydrogen (secondary N) is 1. The Kier molecular flexibility index (Phi) is 4.78. The summed E-state index contributed by atoms with van der Waals surface area (Å²) in [5, 5.41) is 13.0. The molecule has 4 N–H and O–H groups in total. The number of nitrogen functional groups attached to an aromatic ring is 1. The first-order valence-corrected chi connectivity index (χ1v) is 7.01. The standard InChI is InChI=1S/C17H19FN2O2/c1-17(22,16(21)20-13-5-3-2-4-6-13)10-9-12-7-8-15(19)14(18)11-12/h2-8,11,22H,9-10,19H2,1H3,(H,20,21)/t17-/m0/s1/i18-1. The largest absolute Gasteiger partial charge is 0.396 e. The van der Waals surface area contributed by atoms with Gasteiger partial charge in [-0.3, -0.25) is 4.79 Å². The van der Waals surface area contributed by atoms with Crippen LogP contribution in [0.25, 0.3) is 0 Å². The summed E-state index contributed by atoms with van der Waals surface area (Å²) < 4.78 is 13.4. The first-order valence-electron chi connectivity index (χ1n) is 7.01. The summed E-state index contributed by atoms with van der Waals surface area (Å²) in [4.78, 5) is 12.1. The van der Waals surface area contributed by atoms with E-state index in [0.717, 1.165) is 0 Å². The maximum atomic E-state index is 13.4. The molecule has 2 aromatic rings. The van der Waals surface area contributed by atoms with E-state index in [1.807, 2.05) is 6.07 Å². The molecule has 1 atom stereocenters. The fourth-order valence-corrected chi connectivity index (χ4v) is 2.01. The number of benzene rings is 2. The fraction of sp³-hybridized carbons (Fsp3) is 0.235. The summed E-state index contributed by atoms with van der Waals surface area (Å²) in [7, 11) is 0. The van der Waals surface area contributed by atoms with Crippen LogP contribution in [0.5, 0.6) is 0 Å². The third-order valence-electron chi connectivity index (χ3n) is 3.49. The van der Waals surface area contributed by atoms with Crippen LogP contribution in [0.2, 0.25) is 0 Å². The lowest BCUT2D eigenvalue weighted by atomic mass is 9.95. The van der Waals surface area contributed by atoms with Crippen molar-refractivity contribution in [1.82, 2.24) is 0 Å². The maximum absolute atomic E-state index is 13.4. The van der Waals surface area contributed by atoms with E-state index in [9.17, 15) is 14.3 Å². The number of para-hydroxylation sites is 1. The van der Waals surface area contributed by atoms with Crippen LogP contribution in [0.1, 0.15) is 18.9 Å². The van der Waals surface area contributed by atoms with E-state index >= 15 is 0 Å². The molecule has 0 fully saturated rings. The number of halogens is 1. The molecule has 0 aliphatic carbocycles. The van der Waals surface area contributed by atoms with Gasteiger partial charge in [-0.05, 0) is 49.6 Å². The highest BCUT2D eigenvalue weighted by molar-refractivity contribution is 5.96. The zero-order chi connectivity index (χ0) is 16.2. The van der Waals surface area contributed by atoms with E-state index in [4.69, 9.17) is 5.73 Å². The van der Waals surface area contributed by atoms with Gasteiger partial charge < -0.3 is 16.2 Å². The molecule has 0 spiro atoms. The van der Waals surface area contributed by atoms with Crippen molar-refractivity contribution < 1.29 is 14.3 Å². The van der Waals surface area contributed by atoms with Crippen molar-refractivity contribution in [2.24, 2.45) is 0 Å². The average molecular weight is 301 g/mol. The molecule has 0 aliphatic heterocycles. The third-order valence-corrected chi connectivity index (χ3v) is 3.49. The number of aliphatic hydroxyl groups is 1. The maximum Gasteiger partial charge on any atom is 0.256 e. The van der Waals surface area contributed by atoms with Crippen LogP contribution in [-0.2, 0) is 11.2 Å². The minimum atomic E-state index is -1.55. The monoisotopic (exact) mass is 301 g/mol. The van der Waals surface area contributed by atoms with Crippen molar-refractivity contribution in [3.63, 3.8) is 0 Å². The van der Waals surface area contributed by atoms with E-state index in [1.165, 1.54) is 19.1 Å². The fourth-order valence-electron chi connectivity index (χ4n) is 2.01. The summed E-state index contributed by atoms with van der Waals surface area (Å²) in [5.74, 6) is -0.986. The van der Waals surface area contributed by atoms with Crippen molar-refractivity contribution in [3.8, 4) is 0 Å². The van der Waals surface area contributed by atoms with Gasteiger partial charge in [0, 0.05) is 5.69 Å². The lowest BCUT2D eigenvalue weighted by molar-refractivity contribution is -0.132. The summed E-state index contributed by atoms with van der Waals surface area (Å²) in [6.45, 7) is 1.44. The van der Waals surface area contributed by atoms with Gasteiger partial charge >= 0.3 is 0 Å². The molecular weight excluding hydrogens is 282 g/mol. The van der Waals surface area contributed by atoms with Gasteiger partial charge in [-0.2, -0.15) is 0 Å². The number of anilines is 2. The predicted octanol–water partition coefficient (Wildman–Crippen LogP) is 2.73. The van der Waals surface area contributed by atoms with Gasteiger partial charge in [0.1, 0.15) is 11.4 Å². The summed E-state index contributed by atoms with van der Waals surface area (Å²) in [6, 6.07) is 13.4. The minimum absolute atomic E-state index is 0.0809. The summed E-state index contributed by atoms with van der Waals surface area (Å²) in [6.07, 6.45) is 0.543. The number of carbonyl (C=O) groups is 1. The van der Waals surface area contributed by atoms with Gasteiger partial charge in [-0.1, -0.05) is 24.3 Å². The lowest BCUT2D eigenvalue weighted by Gasteiger charge is -2.22. The van der Waals surface area contributed by atoms with Gasteiger partial charge in [0.15, 0.2) is 0 Å². The van der Waals surface area contributed by atoms with Crippen molar-refractivity contribution >= 4 is 17.3 Å². The lowest BCUT2D eigenvalue weighted by Crippen LogP contribution is -2.40. The quantitative estimate of drug-likeness (QED) is 0.743. The Balaban J connectivity index is 1.97. The van der Waals surface area contributed by atoms with E-state index in [-0.39, 0.29) is 12.1 Å². The first kappa shape index (κ1) is 16.0. The molecule has 1 amide bonds. The molecule has 4 nitrogen and oxygen atoms in total. The number of hydrogen-bond acceptors (Lipinski definition) is 3. The van der Waals surface area contributed by atoms with E-state index in [0.29, 0.717) is 17.7 Å². The van der Waals surface area contributed by atoms with Gasteiger partial charge in [0.25, 0.3) is 5.91 Å². The molecule has 22 heavy (non-hydrogen) atoms. The third kappa shape index (κ3) is 4.05. The van der Waals surface area contributed by atoms with Crippen molar-refractivity contribution in [2.45, 2.75) is 25.4 Å². The van der Waals surface area contributed by atoms with Crippen molar-refractivity contribution in [2.75, 3.05) is 11.1 Å². The molecule has 0 saturated heterocycles. The zero-order valence-electron chi connectivity index (χ0n) is 12.3.